The van der Waals surface area contributed by atoms with Crippen LogP contribution in [0, 0.1) is 36.5 Å². The third kappa shape index (κ3) is 11.7. The van der Waals surface area contributed by atoms with E-state index in [1.165, 1.54) is 144 Å². The lowest BCUT2D eigenvalue weighted by Crippen LogP contribution is -1.99. The van der Waals surface area contributed by atoms with Gasteiger partial charge in [0, 0.05) is 0 Å². The molecule has 0 fully saturated rings. The summed E-state index contributed by atoms with van der Waals surface area (Å²) in [4.78, 5) is 0. The topological polar surface area (TPSA) is 47.6 Å². The van der Waals surface area contributed by atoms with E-state index in [2.05, 4.69) is 167 Å². The first-order valence-electron chi connectivity index (χ1n) is 24.0. The molecule has 0 atom stereocenters. The van der Waals surface area contributed by atoms with E-state index < -0.39 is 0 Å². The van der Waals surface area contributed by atoms with Crippen molar-refractivity contribution in [2.24, 2.45) is 0 Å². The molecule has 0 unspecified atom stereocenters. The third-order valence-corrected chi connectivity index (χ3v) is 12.9. The predicted molar refractivity (Wildman–Crippen MR) is 272 cm³/mol. The molecule has 0 radical (unpaired) electrons. The summed E-state index contributed by atoms with van der Waals surface area (Å²) >= 11 is 0. The number of hydrogen-bond acceptors (Lipinski definition) is 2. The van der Waals surface area contributed by atoms with E-state index in [4.69, 9.17) is 0 Å². The maximum atomic E-state index is 9.69. The van der Waals surface area contributed by atoms with Gasteiger partial charge >= 0.3 is 0 Å². The Morgan fingerprint density at radius 1 is 0.344 bits per heavy atom. The number of nitrogens with zero attached hydrogens (tertiary/aromatic N) is 2. The lowest BCUT2D eigenvalue weighted by atomic mass is 9.86. The summed E-state index contributed by atoms with van der Waals surface area (Å²) in [5.74, 6) is 0. The fraction of sp³-hybridized carbons (Fsp3) is 0.290. The van der Waals surface area contributed by atoms with Gasteiger partial charge in [0.1, 0.15) is 0 Å². The number of hydrogen-bond donors (Lipinski definition) is 0. The maximum absolute atomic E-state index is 9.69. The summed E-state index contributed by atoms with van der Waals surface area (Å²) in [6.45, 7) is 9.07. The number of nitriles is 2. The second kappa shape index (κ2) is 22.7. The zero-order valence-electron chi connectivity index (χ0n) is 38.7. The SMILES string of the molecule is CCCCCCCCc1cc(-c2cc(-c3ccc(-c4cc(C#N)cc(C#N)c4)cc3)cc(-c3cccc(-c4ccccc4-c4cccc(C)c4)c3)c2)c(CCCCCCCC)cc1C. The fourth-order valence-electron chi connectivity index (χ4n) is 9.31. The summed E-state index contributed by atoms with van der Waals surface area (Å²) < 4.78 is 0. The molecular formula is C62H64N2. The Morgan fingerprint density at radius 2 is 0.812 bits per heavy atom. The summed E-state index contributed by atoms with van der Waals surface area (Å²) in [5, 5.41) is 19.4. The Hall–Kier alpha value is -6.48. The Bertz CT molecular complexity index is 2710. The first kappa shape index (κ1) is 45.5. The molecule has 0 saturated heterocycles. The quantitative estimate of drug-likeness (QED) is 0.0718. The van der Waals surface area contributed by atoms with E-state index in [1.807, 2.05) is 12.1 Å². The van der Waals surface area contributed by atoms with Gasteiger partial charge in [-0.25, -0.2) is 0 Å². The van der Waals surface area contributed by atoms with Gasteiger partial charge in [-0.05, 0) is 165 Å². The molecule has 7 aromatic rings. The standard InChI is InChI=1S/C62H64N2/c1-5-7-9-11-13-15-22-51-42-62(54(34-46(51)4)23-16-14-12-10-8-6-2)59-40-57(50-31-29-49(30-32-50)56-36-47(43-63)35-48(37-56)44-64)39-58(41-59)52-24-20-26-55(38-52)61-28-18-17-27-60(61)53-25-19-21-45(3)33-53/h17-21,24-42H,5-16,22-23H2,1-4H3. The molecule has 7 rings (SSSR count). The molecule has 0 heterocycles. The van der Waals surface area contributed by atoms with Gasteiger partial charge in [-0.2, -0.15) is 10.5 Å². The number of unbranched alkanes of at least 4 members (excludes halogenated alkanes) is 10. The van der Waals surface area contributed by atoms with E-state index in [-0.39, 0.29) is 0 Å². The summed E-state index contributed by atoms with van der Waals surface area (Å²) in [7, 11) is 0. The number of aryl methyl sites for hydroxylation is 4. The van der Waals surface area contributed by atoms with Gasteiger partial charge in [-0.15, -0.1) is 0 Å². The second-order valence-electron chi connectivity index (χ2n) is 17.9. The summed E-state index contributed by atoms with van der Waals surface area (Å²) in [6.07, 6.45) is 17.6. The van der Waals surface area contributed by atoms with Crippen molar-refractivity contribution in [3.8, 4) is 78.9 Å². The highest BCUT2D eigenvalue weighted by molar-refractivity contribution is 5.88. The van der Waals surface area contributed by atoms with Crippen LogP contribution in [0.4, 0.5) is 0 Å². The van der Waals surface area contributed by atoms with Crippen LogP contribution < -0.4 is 0 Å². The third-order valence-electron chi connectivity index (χ3n) is 12.9. The minimum Gasteiger partial charge on any atom is -0.192 e. The van der Waals surface area contributed by atoms with Crippen molar-refractivity contribution in [1.82, 2.24) is 0 Å². The smallest absolute Gasteiger partial charge is 0.0992 e. The molecule has 0 N–H and O–H groups in total. The first-order chi connectivity index (χ1) is 31.4. The molecule has 322 valence electrons. The molecule has 0 bridgehead atoms. The van der Waals surface area contributed by atoms with E-state index in [9.17, 15) is 10.5 Å². The Balaban J connectivity index is 1.34. The van der Waals surface area contributed by atoms with Crippen LogP contribution >= 0.6 is 0 Å². The van der Waals surface area contributed by atoms with Crippen molar-refractivity contribution >= 4 is 0 Å². The Labute approximate surface area is 384 Å². The first-order valence-corrected chi connectivity index (χ1v) is 24.0. The van der Waals surface area contributed by atoms with Crippen LogP contribution in [0.1, 0.15) is 124 Å². The molecule has 0 aliphatic rings. The monoisotopic (exact) mass is 837 g/mol. The number of rotatable bonds is 20. The van der Waals surface area contributed by atoms with Crippen molar-refractivity contribution < 1.29 is 0 Å². The molecule has 0 aliphatic carbocycles. The minimum absolute atomic E-state index is 0.491. The normalized spacial score (nSPS) is 11.0. The van der Waals surface area contributed by atoms with Gasteiger partial charge in [-0.3, -0.25) is 0 Å². The highest BCUT2D eigenvalue weighted by Crippen LogP contribution is 2.39. The molecule has 2 nitrogen and oxygen atoms in total. The van der Waals surface area contributed by atoms with Gasteiger partial charge < -0.3 is 0 Å². The average Bonchev–Trinajstić information content (AvgIpc) is 3.34. The average molecular weight is 837 g/mol. The van der Waals surface area contributed by atoms with E-state index in [0.29, 0.717) is 11.1 Å². The van der Waals surface area contributed by atoms with Crippen LogP contribution in [-0.4, -0.2) is 0 Å². The van der Waals surface area contributed by atoms with Gasteiger partial charge in [0.15, 0.2) is 0 Å². The van der Waals surface area contributed by atoms with Crippen molar-refractivity contribution in [2.75, 3.05) is 0 Å². The zero-order valence-corrected chi connectivity index (χ0v) is 38.7. The summed E-state index contributed by atoms with van der Waals surface area (Å²) in [6, 6.07) is 57.3. The van der Waals surface area contributed by atoms with Crippen molar-refractivity contribution in [2.45, 2.75) is 118 Å². The lowest BCUT2D eigenvalue weighted by molar-refractivity contribution is 0.605. The second-order valence-corrected chi connectivity index (χ2v) is 17.9. The van der Waals surface area contributed by atoms with Gasteiger partial charge in [0.05, 0.1) is 23.3 Å². The maximum Gasteiger partial charge on any atom is 0.0992 e. The van der Waals surface area contributed by atoms with Gasteiger partial charge in [0.2, 0.25) is 0 Å². The Morgan fingerprint density at radius 3 is 1.39 bits per heavy atom. The van der Waals surface area contributed by atoms with Crippen molar-refractivity contribution in [3.05, 3.63) is 179 Å². The zero-order chi connectivity index (χ0) is 44.7. The van der Waals surface area contributed by atoms with Gasteiger partial charge in [0.25, 0.3) is 0 Å². The molecule has 0 spiro atoms. The van der Waals surface area contributed by atoms with Gasteiger partial charge in [-0.1, -0.05) is 187 Å². The summed E-state index contributed by atoms with van der Waals surface area (Å²) in [5.41, 5.74) is 20.6. The van der Waals surface area contributed by atoms with Crippen LogP contribution in [-0.2, 0) is 12.8 Å². The van der Waals surface area contributed by atoms with E-state index in [1.54, 1.807) is 6.07 Å². The Kier molecular flexibility index (Phi) is 16.2. The van der Waals surface area contributed by atoms with Crippen LogP contribution in [0.2, 0.25) is 0 Å². The molecule has 0 aromatic heterocycles. The molecular weight excluding hydrogens is 773 g/mol. The highest BCUT2D eigenvalue weighted by atomic mass is 14.3. The van der Waals surface area contributed by atoms with E-state index in [0.717, 1.165) is 35.1 Å². The van der Waals surface area contributed by atoms with Crippen LogP contribution in [0.3, 0.4) is 0 Å². The molecule has 7 aromatic carbocycles. The van der Waals surface area contributed by atoms with Crippen LogP contribution in [0.15, 0.2) is 146 Å². The fourth-order valence-corrected chi connectivity index (χ4v) is 9.31. The van der Waals surface area contributed by atoms with Crippen molar-refractivity contribution in [1.29, 1.82) is 10.5 Å². The van der Waals surface area contributed by atoms with E-state index >= 15 is 0 Å². The highest BCUT2D eigenvalue weighted by Gasteiger charge is 2.16. The molecule has 64 heavy (non-hydrogen) atoms. The molecule has 0 amide bonds. The largest absolute Gasteiger partial charge is 0.192 e. The molecule has 2 heteroatoms. The van der Waals surface area contributed by atoms with Crippen LogP contribution in [0.5, 0.6) is 0 Å². The minimum atomic E-state index is 0.491. The molecule has 0 aliphatic heterocycles. The van der Waals surface area contributed by atoms with Crippen LogP contribution in [0.25, 0.3) is 66.8 Å². The lowest BCUT2D eigenvalue weighted by Gasteiger charge is -2.18. The van der Waals surface area contributed by atoms with Crippen molar-refractivity contribution in [3.63, 3.8) is 0 Å². The molecule has 0 saturated carbocycles. The number of benzene rings is 7. The predicted octanol–water partition coefficient (Wildman–Crippen LogP) is 17.9.